The van der Waals surface area contributed by atoms with Crippen LogP contribution >= 0.6 is 11.3 Å². The molecule has 2 heterocycles. The van der Waals surface area contributed by atoms with E-state index in [0.29, 0.717) is 45.2 Å². The second kappa shape index (κ2) is 12.6. The Labute approximate surface area is 265 Å². The summed E-state index contributed by atoms with van der Waals surface area (Å²) in [7, 11) is -4.14. The number of nitrogens with zero attached hydrogens (tertiary/aromatic N) is 6. The van der Waals surface area contributed by atoms with Gasteiger partial charge in [0.1, 0.15) is 5.75 Å². The number of hydrogen-bond acceptors (Lipinski definition) is 11. The molecule has 0 aliphatic carbocycles. The van der Waals surface area contributed by atoms with Crippen LogP contribution in [0.5, 0.6) is 5.75 Å². The monoisotopic (exact) mass is 650 g/mol. The van der Waals surface area contributed by atoms with Gasteiger partial charge in [-0.1, -0.05) is 72.0 Å². The molecule has 13 nitrogen and oxygen atoms in total. The summed E-state index contributed by atoms with van der Waals surface area (Å²) >= 11 is 0.564. The number of carbonyl (C=O) groups is 2. The van der Waals surface area contributed by atoms with Crippen LogP contribution in [0.4, 0.5) is 16.5 Å². The summed E-state index contributed by atoms with van der Waals surface area (Å²) in [6.07, 6.45) is 0. The van der Waals surface area contributed by atoms with Crippen molar-refractivity contribution in [3.8, 4) is 22.7 Å². The van der Waals surface area contributed by atoms with Gasteiger partial charge in [0.2, 0.25) is 9.47 Å². The fourth-order valence-corrected chi connectivity index (χ4v) is 5.73. The maximum atomic E-state index is 14.1. The summed E-state index contributed by atoms with van der Waals surface area (Å²) < 4.78 is 24.4. The first-order valence-corrected chi connectivity index (χ1v) is 15.8. The van der Waals surface area contributed by atoms with Crippen molar-refractivity contribution in [2.45, 2.75) is 4.34 Å². The standard InChI is InChI=1S/C31H22N8O5S2/c32-46(43,44)31-37-36-30(45-31)33-29(42)26-25(28(41)20-9-5-2-6-10-20)27(19-7-3-1-4-8-19)39(38-26)23-15-11-21(12-16-23)34-35-22-13-17-24(40)18-14-22/h1-18,40H,(H2,32,43,44)(H,33,36,42). The highest BCUT2D eigenvalue weighted by Gasteiger charge is 2.31. The first-order valence-electron chi connectivity index (χ1n) is 13.4. The van der Waals surface area contributed by atoms with Gasteiger partial charge in [-0.3, -0.25) is 14.9 Å². The zero-order valence-corrected chi connectivity index (χ0v) is 25.2. The van der Waals surface area contributed by atoms with Crippen LogP contribution in [0.3, 0.4) is 0 Å². The number of amides is 1. The summed E-state index contributed by atoms with van der Waals surface area (Å²) in [4.78, 5) is 27.8. The van der Waals surface area contributed by atoms with Crippen molar-refractivity contribution in [1.29, 1.82) is 0 Å². The fourth-order valence-electron chi connectivity index (χ4n) is 4.40. The van der Waals surface area contributed by atoms with E-state index in [-0.39, 0.29) is 22.1 Å². The number of nitrogens with two attached hydrogens (primary N) is 1. The molecule has 46 heavy (non-hydrogen) atoms. The second-order valence-corrected chi connectivity index (χ2v) is 12.4. The summed E-state index contributed by atoms with van der Waals surface area (Å²) in [5.74, 6) is -1.16. The summed E-state index contributed by atoms with van der Waals surface area (Å²) in [5, 5.41) is 37.2. The molecule has 0 saturated carbocycles. The molecule has 6 rings (SSSR count). The summed E-state index contributed by atoms with van der Waals surface area (Å²) in [6.45, 7) is 0. The Balaban J connectivity index is 1.46. The molecule has 0 bridgehead atoms. The molecule has 0 radical (unpaired) electrons. The van der Waals surface area contributed by atoms with Crippen molar-refractivity contribution in [1.82, 2.24) is 20.0 Å². The number of aromatic nitrogens is 4. The number of primary sulfonamides is 1. The highest BCUT2D eigenvalue weighted by molar-refractivity contribution is 7.91. The number of phenolic OH excluding ortho intramolecular Hbond substituents is 1. The van der Waals surface area contributed by atoms with Gasteiger partial charge in [0.05, 0.1) is 28.3 Å². The quantitative estimate of drug-likeness (QED) is 0.101. The van der Waals surface area contributed by atoms with Gasteiger partial charge in [0, 0.05) is 11.1 Å². The third kappa shape index (κ3) is 6.46. The van der Waals surface area contributed by atoms with E-state index in [9.17, 15) is 23.1 Å². The Bertz CT molecular complexity index is 2180. The van der Waals surface area contributed by atoms with E-state index >= 15 is 0 Å². The largest absolute Gasteiger partial charge is 0.508 e. The molecule has 15 heteroatoms. The fraction of sp³-hybridized carbons (Fsp3) is 0. The van der Waals surface area contributed by atoms with Crippen molar-refractivity contribution >= 4 is 49.6 Å². The van der Waals surface area contributed by atoms with Gasteiger partial charge in [-0.05, 0) is 48.5 Å². The number of ketones is 1. The maximum Gasteiger partial charge on any atom is 0.278 e. The van der Waals surface area contributed by atoms with E-state index in [4.69, 9.17) is 5.14 Å². The molecule has 6 aromatic rings. The molecular formula is C31H22N8O5S2. The number of carbonyl (C=O) groups excluding carboxylic acids is 2. The van der Waals surface area contributed by atoms with Crippen molar-refractivity contribution in [3.63, 3.8) is 0 Å². The molecular weight excluding hydrogens is 629 g/mol. The lowest BCUT2D eigenvalue weighted by molar-refractivity contribution is 0.0993. The molecule has 0 saturated heterocycles. The number of azo groups is 1. The molecule has 0 spiro atoms. The Hall–Kier alpha value is -5.90. The van der Waals surface area contributed by atoms with Gasteiger partial charge in [-0.15, -0.1) is 10.2 Å². The minimum Gasteiger partial charge on any atom is -0.508 e. The molecule has 4 aromatic carbocycles. The van der Waals surface area contributed by atoms with Gasteiger partial charge >= 0.3 is 0 Å². The van der Waals surface area contributed by atoms with Gasteiger partial charge in [0.15, 0.2) is 11.5 Å². The third-order valence-corrected chi connectivity index (χ3v) is 8.65. The Morgan fingerprint density at radius 3 is 1.98 bits per heavy atom. The molecule has 0 aliphatic rings. The molecule has 0 unspecified atom stereocenters. The van der Waals surface area contributed by atoms with Crippen molar-refractivity contribution in [2.24, 2.45) is 15.4 Å². The van der Waals surface area contributed by atoms with E-state index < -0.39 is 26.1 Å². The number of anilines is 1. The Kier molecular flexibility index (Phi) is 8.26. The maximum absolute atomic E-state index is 14.1. The van der Waals surface area contributed by atoms with Crippen LogP contribution in [0.25, 0.3) is 16.9 Å². The second-order valence-electron chi connectivity index (χ2n) is 9.65. The smallest absolute Gasteiger partial charge is 0.278 e. The molecule has 228 valence electrons. The number of benzene rings is 4. The number of sulfonamides is 1. The molecule has 2 aromatic heterocycles. The Morgan fingerprint density at radius 1 is 0.804 bits per heavy atom. The zero-order valence-electron chi connectivity index (χ0n) is 23.5. The van der Waals surface area contributed by atoms with Gasteiger partial charge in [0.25, 0.3) is 15.9 Å². The molecule has 4 N–H and O–H groups in total. The number of hydrogen-bond donors (Lipinski definition) is 3. The first kappa shape index (κ1) is 30.1. The van der Waals surface area contributed by atoms with Crippen LogP contribution < -0.4 is 10.5 Å². The van der Waals surface area contributed by atoms with Crippen LogP contribution in [0.2, 0.25) is 0 Å². The minimum atomic E-state index is -4.14. The van der Waals surface area contributed by atoms with Gasteiger partial charge in [-0.2, -0.15) is 15.3 Å². The van der Waals surface area contributed by atoms with Crippen LogP contribution in [0.1, 0.15) is 26.4 Å². The number of nitrogens with one attached hydrogen (secondary N) is 1. The molecule has 0 aliphatic heterocycles. The van der Waals surface area contributed by atoms with E-state index in [2.05, 4.69) is 30.8 Å². The predicted octanol–water partition coefficient (Wildman–Crippen LogP) is 5.64. The van der Waals surface area contributed by atoms with Crippen LogP contribution in [-0.4, -0.2) is 45.2 Å². The minimum absolute atomic E-state index is 0.0159. The lowest BCUT2D eigenvalue weighted by atomic mass is 9.97. The van der Waals surface area contributed by atoms with E-state index in [1.807, 2.05) is 6.07 Å². The number of rotatable bonds is 9. The first-order chi connectivity index (χ1) is 22.2. The normalized spacial score (nSPS) is 11.5. The van der Waals surface area contributed by atoms with Crippen LogP contribution in [-0.2, 0) is 10.0 Å². The Morgan fingerprint density at radius 2 is 1.39 bits per heavy atom. The average Bonchev–Trinajstić information content (AvgIpc) is 3.71. The van der Waals surface area contributed by atoms with Crippen molar-refractivity contribution in [3.05, 3.63) is 126 Å². The van der Waals surface area contributed by atoms with Crippen LogP contribution in [0.15, 0.2) is 124 Å². The molecule has 0 fully saturated rings. The molecule has 1 amide bonds. The van der Waals surface area contributed by atoms with Crippen molar-refractivity contribution < 1.29 is 23.1 Å². The highest BCUT2D eigenvalue weighted by atomic mass is 32.2. The summed E-state index contributed by atoms with van der Waals surface area (Å²) in [6, 6.07) is 30.5. The van der Waals surface area contributed by atoms with Crippen molar-refractivity contribution in [2.75, 3.05) is 5.32 Å². The predicted molar refractivity (Wildman–Crippen MR) is 170 cm³/mol. The number of aromatic hydroxyl groups is 1. The lowest BCUT2D eigenvalue weighted by Crippen LogP contribution is -2.17. The van der Waals surface area contributed by atoms with E-state index in [0.717, 1.165) is 0 Å². The number of phenols is 1. The topological polar surface area (TPSA) is 195 Å². The van der Waals surface area contributed by atoms with Crippen LogP contribution in [0, 0.1) is 0 Å². The average molecular weight is 651 g/mol. The van der Waals surface area contributed by atoms with E-state index in [1.165, 1.54) is 16.8 Å². The van der Waals surface area contributed by atoms with Gasteiger partial charge < -0.3 is 5.11 Å². The van der Waals surface area contributed by atoms with Gasteiger partial charge in [-0.25, -0.2) is 18.2 Å². The highest BCUT2D eigenvalue weighted by Crippen LogP contribution is 2.33. The molecule has 0 atom stereocenters. The van der Waals surface area contributed by atoms with E-state index in [1.54, 1.807) is 91.0 Å². The third-order valence-electron chi connectivity index (χ3n) is 6.51. The zero-order chi connectivity index (χ0) is 32.3. The SMILES string of the molecule is NS(=O)(=O)c1nnc(NC(=O)c2nn(-c3ccc(N=Nc4ccc(O)cc4)cc3)c(-c3ccccc3)c2C(=O)c2ccccc2)s1. The summed E-state index contributed by atoms with van der Waals surface area (Å²) in [5.41, 5.74) is 2.65. The lowest BCUT2D eigenvalue weighted by Gasteiger charge is -2.10.